The summed E-state index contributed by atoms with van der Waals surface area (Å²) in [4.78, 5) is 25.7. The summed E-state index contributed by atoms with van der Waals surface area (Å²) in [6, 6.07) is 17.5. The van der Waals surface area contributed by atoms with Crippen LogP contribution < -0.4 is 10.9 Å². The van der Waals surface area contributed by atoms with Crippen molar-refractivity contribution in [3.8, 4) is 5.69 Å². The Hall–Kier alpha value is -3.31. The molecule has 134 valence electrons. The van der Waals surface area contributed by atoms with Gasteiger partial charge in [0.1, 0.15) is 5.76 Å². The molecule has 2 aromatic carbocycles. The first kappa shape index (κ1) is 17.1. The third kappa shape index (κ3) is 3.37. The topological polar surface area (TPSA) is 64.2 Å². The van der Waals surface area contributed by atoms with Crippen molar-refractivity contribution in [2.75, 3.05) is 0 Å². The maximum atomic E-state index is 12.9. The molecule has 6 heteroatoms. The second kappa shape index (κ2) is 7.13. The molecule has 27 heavy (non-hydrogen) atoms. The summed E-state index contributed by atoms with van der Waals surface area (Å²) < 4.78 is 6.71. The zero-order chi connectivity index (χ0) is 18.8. The van der Waals surface area contributed by atoms with Gasteiger partial charge in [-0.3, -0.25) is 14.2 Å². The minimum atomic E-state index is -0.287. The van der Waals surface area contributed by atoms with E-state index in [1.165, 1.54) is 4.57 Å². The molecule has 2 aromatic heterocycles. The summed E-state index contributed by atoms with van der Waals surface area (Å²) in [5, 5.41) is 4.48. The van der Waals surface area contributed by atoms with Crippen LogP contribution in [0.15, 0.2) is 82.3 Å². The molecule has 0 atom stereocenters. The lowest BCUT2D eigenvalue weighted by molar-refractivity contribution is 0.0949. The summed E-state index contributed by atoms with van der Waals surface area (Å²) in [7, 11) is 0. The Morgan fingerprint density at radius 1 is 1.00 bits per heavy atom. The molecule has 0 fully saturated rings. The zero-order valence-corrected chi connectivity index (χ0v) is 14.9. The Kier molecular flexibility index (Phi) is 4.52. The number of benzene rings is 2. The Balaban J connectivity index is 1.81. The number of halogens is 1. The standard InChI is InChI=1S/C21H15ClN2O3/c22-14-7-9-15(10-8-14)24-13-19(17-5-1-2-6-18(17)21(24)26)20(25)23-12-16-4-3-11-27-16/h1-11,13H,12H2,(H,23,25). The predicted molar refractivity (Wildman–Crippen MR) is 104 cm³/mol. The molecule has 0 saturated heterocycles. The normalized spacial score (nSPS) is 10.9. The van der Waals surface area contributed by atoms with Crippen molar-refractivity contribution in [2.24, 2.45) is 0 Å². The van der Waals surface area contributed by atoms with Crippen molar-refractivity contribution in [3.63, 3.8) is 0 Å². The molecule has 0 radical (unpaired) electrons. The van der Waals surface area contributed by atoms with E-state index in [9.17, 15) is 9.59 Å². The van der Waals surface area contributed by atoms with Crippen LogP contribution in [0, 0.1) is 0 Å². The van der Waals surface area contributed by atoms with Gasteiger partial charge in [0.05, 0.1) is 18.4 Å². The summed E-state index contributed by atoms with van der Waals surface area (Å²) in [5.41, 5.74) is 0.845. The fraction of sp³-hybridized carbons (Fsp3) is 0.0476. The molecule has 1 amide bonds. The van der Waals surface area contributed by atoms with Gasteiger partial charge in [-0.05, 0) is 42.5 Å². The van der Waals surface area contributed by atoms with Gasteiger partial charge in [-0.2, -0.15) is 0 Å². The van der Waals surface area contributed by atoms with E-state index in [2.05, 4.69) is 5.32 Å². The van der Waals surface area contributed by atoms with Gasteiger partial charge >= 0.3 is 0 Å². The molecule has 0 aliphatic rings. The number of fused-ring (bicyclic) bond motifs is 1. The number of carbonyl (C=O) groups is 1. The molecule has 0 aliphatic heterocycles. The van der Waals surface area contributed by atoms with Gasteiger partial charge in [0.15, 0.2) is 0 Å². The zero-order valence-electron chi connectivity index (χ0n) is 14.2. The summed E-state index contributed by atoms with van der Waals surface area (Å²) >= 11 is 5.95. The number of nitrogens with zero attached hydrogens (tertiary/aromatic N) is 1. The molecule has 0 spiro atoms. The molecule has 0 unspecified atom stereocenters. The first-order chi connectivity index (χ1) is 13.1. The molecular weight excluding hydrogens is 364 g/mol. The van der Waals surface area contributed by atoms with E-state index in [0.717, 1.165) is 0 Å². The number of pyridine rings is 1. The highest BCUT2D eigenvalue weighted by Gasteiger charge is 2.15. The number of furan rings is 1. The average molecular weight is 379 g/mol. The fourth-order valence-electron chi connectivity index (χ4n) is 2.94. The number of hydrogen-bond acceptors (Lipinski definition) is 3. The van der Waals surface area contributed by atoms with Gasteiger partial charge in [0, 0.05) is 27.7 Å². The SMILES string of the molecule is O=C(NCc1ccco1)c1cn(-c2ccc(Cl)cc2)c(=O)c2ccccc12. The molecule has 1 N–H and O–H groups in total. The van der Waals surface area contributed by atoms with E-state index in [1.807, 2.05) is 0 Å². The van der Waals surface area contributed by atoms with E-state index in [0.29, 0.717) is 32.8 Å². The third-order valence-corrected chi connectivity index (χ3v) is 4.53. The first-order valence-corrected chi connectivity index (χ1v) is 8.72. The van der Waals surface area contributed by atoms with E-state index < -0.39 is 0 Å². The molecule has 0 aliphatic carbocycles. The molecule has 0 bridgehead atoms. The maximum absolute atomic E-state index is 12.9. The summed E-state index contributed by atoms with van der Waals surface area (Å²) in [6.07, 6.45) is 3.11. The average Bonchev–Trinajstić information content (AvgIpc) is 3.21. The monoisotopic (exact) mass is 378 g/mol. The number of aromatic nitrogens is 1. The Morgan fingerprint density at radius 2 is 1.74 bits per heavy atom. The Bertz CT molecular complexity index is 1160. The number of carbonyl (C=O) groups excluding carboxylic acids is 1. The van der Waals surface area contributed by atoms with Crippen LogP contribution in [0.5, 0.6) is 0 Å². The van der Waals surface area contributed by atoms with E-state index in [-0.39, 0.29) is 18.0 Å². The van der Waals surface area contributed by atoms with E-state index in [1.54, 1.807) is 73.1 Å². The van der Waals surface area contributed by atoms with Crippen LogP contribution in [0.1, 0.15) is 16.1 Å². The van der Waals surface area contributed by atoms with Gasteiger partial charge < -0.3 is 9.73 Å². The summed E-state index contributed by atoms with van der Waals surface area (Å²) in [6.45, 7) is 0.264. The minimum absolute atomic E-state index is 0.199. The smallest absolute Gasteiger partial charge is 0.262 e. The number of rotatable bonds is 4. The van der Waals surface area contributed by atoms with E-state index >= 15 is 0 Å². The van der Waals surface area contributed by atoms with Crippen molar-refractivity contribution in [2.45, 2.75) is 6.54 Å². The lowest BCUT2D eigenvalue weighted by atomic mass is 10.1. The van der Waals surface area contributed by atoms with Crippen LogP contribution in [0.2, 0.25) is 5.02 Å². The predicted octanol–water partition coefficient (Wildman–Crippen LogP) is 4.17. The van der Waals surface area contributed by atoms with Gasteiger partial charge in [-0.1, -0.05) is 29.8 Å². The lowest BCUT2D eigenvalue weighted by Gasteiger charge is -2.12. The fourth-order valence-corrected chi connectivity index (χ4v) is 3.07. The first-order valence-electron chi connectivity index (χ1n) is 8.34. The van der Waals surface area contributed by atoms with Crippen molar-refractivity contribution in [1.82, 2.24) is 9.88 Å². The maximum Gasteiger partial charge on any atom is 0.262 e. The molecular formula is C21H15ClN2O3. The molecule has 2 heterocycles. The van der Waals surface area contributed by atoms with Crippen molar-refractivity contribution in [1.29, 1.82) is 0 Å². The Morgan fingerprint density at radius 3 is 2.44 bits per heavy atom. The van der Waals surface area contributed by atoms with Crippen LogP contribution in [0.4, 0.5) is 0 Å². The highest BCUT2D eigenvalue weighted by Crippen LogP contribution is 2.19. The number of hydrogen-bond donors (Lipinski definition) is 1. The Labute approximate surface area is 159 Å². The second-order valence-electron chi connectivity index (χ2n) is 6.00. The van der Waals surface area contributed by atoms with Gasteiger partial charge in [-0.15, -0.1) is 0 Å². The minimum Gasteiger partial charge on any atom is -0.467 e. The van der Waals surface area contributed by atoms with E-state index in [4.69, 9.17) is 16.0 Å². The highest BCUT2D eigenvalue weighted by molar-refractivity contribution is 6.30. The summed E-state index contributed by atoms with van der Waals surface area (Å²) in [5.74, 6) is 0.365. The van der Waals surface area contributed by atoms with Crippen LogP contribution in [0.25, 0.3) is 16.5 Å². The van der Waals surface area contributed by atoms with Gasteiger partial charge in [0.2, 0.25) is 0 Å². The lowest BCUT2D eigenvalue weighted by Crippen LogP contribution is -2.26. The van der Waals surface area contributed by atoms with Crippen LogP contribution >= 0.6 is 11.6 Å². The quantitative estimate of drug-likeness (QED) is 0.579. The molecule has 4 aromatic rings. The van der Waals surface area contributed by atoms with Crippen LogP contribution in [-0.2, 0) is 6.54 Å². The highest BCUT2D eigenvalue weighted by atomic mass is 35.5. The van der Waals surface area contributed by atoms with Crippen LogP contribution in [0.3, 0.4) is 0 Å². The molecule has 4 rings (SSSR count). The van der Waals surface area contributed by atoms with Gasteiger partial charge in [-0.25, -0.2) is 0 Å². The van der Waals surface area contributed by atoms with Crippen molar-refractivity contribution in [3.05, 3.63) is 99.8 Å². The van der Waals surface area contributed by atoms with Crippen molar-refractivity contribution < 1.29 is 9.21 Å². The largest absolute Gasteiger partial charge is 0.467 e. The number of nitrogens with one attached hydrogen (secondary N) is 1. The van der Waals surface area contributed by atoms with Crippen LogP contribution in [-0.4, -0.2) is 10.5 Å². The molecule has 5 nitrogen and oxygen atoms in total. The van der Waals surface area contributed by atoms with Crippen molar-refractivity contribution >= 4 is 28.3 Å². The third-order valence-electron chi connectivity index (χ3n) is 4.28. The van der Waals surface area contributed by atoms with Gasteiger partial charge in [0.25, 0.3) is 11.5 Å². The molecule has 0 saturated carbocycles. The second-order valence-corrected chi connectivity index (χ2v) is 6.44. The number of amides is 1.